The second kappa shape index (κ2) is 10.3. The number of carbonyl (C=O) groups is 1. The lowest BCUT2D eigenvalue weighted by molar-refractivity contribution is 0.102. The molecule has 0 aliphatic carbocycles. The van der Waals surface area contributed by atoms with Gasteiger partial charge in [0.2, 0.25) is 0 Å². The van der Waals surface area contributed by atoms with Crippen molar-refractivity contribution >= 4 is 38.9 Å². The van der Waals surface area contributed by atoms with E-state index in [0.29, 0.717) is 28.8 Å². The Morgan fingerprint density at radius 3 is 2.47 bits per heavy atom. The average Bonchev–Trinajstić information content (AvgIpc) is 2.79. The first-order valence-corrected chi connectivity index (χ1v) is 11.7. The Hall–Kier alpha value is -3.29. The van der Waals surface area contributed by atoms with Gasteiger partial charge >= 0.3 is 0 Å². The van der Waals surface area contributed by atoms with Crippen LogP contribution in [-0.2, 0) is 10.0 Å². The van der Waals surface area contributed by atoms with Crippen molar-refractivity contribution in [1.29, 1.82) is 0 Å². The van der Waals surface area contributed by atoms with E-state index in [0.717, 1.165) is 4.31 Å². The molecule has 32 heavy (non-hydrogen) atoms. The highest BCUT2D eigenvalue weighted by atomic mass is 35.5. The van der Waals surface area contributed by atoms with Crippen molar-refractivity contribution in [2.75, 3.05) is 22.8 Å². The van der Waals surface area contributed by atoms with Crippen LogP contribution in [0.25, 0.3) is 0 Å². The number of para-hydroxylation sites is 1. The zero-order chi connectivity index (χ0) is 23.1. The zero-order valence-electron chi connectivity index (χ0n) is 17.5. The maximum atomic E-state index is 13.4. The molecular weight excluding hydrogens is 448 g/mol. The fourth-order valence-electron chi connectivity index (χ4n) is 3.03. The molecule has 6 nitrogen and oxygen atoms in total. The van der Waals surface area contributed by atoms with Crippen LogP contribution in [0.5, 0.6) is 5.75 Å². The Morgan fingerprint density at radius 2 is 1.81 bits per heavy atom. The van der Waals surface area contributed by atoms with E-state index in [-0.39, 0.29) is 17.0 Å². The van der Waals surface area contributed by atoms with Crippen molar-refractivity contribution in [3.05, 3.63) is 96.0 Å². The molecule has 0 unspecified atom stereocenters. The number of nitrogens with one attached hydrogen (secondary N) is 1. The van der Waals surface area contributed by atoms with Gasteiger partial charge in [0, 0.05) is 11.3 Å². The number of sulfonamides is 1. The third-order valence-electron chi connectivity index (χ3n) is 4.52. The molecule has 3 aromatic rings. The maximum absolute atomic E-state index is 13.4. The molecule has 0 heterocycles. The van der Waals surface area contributed by atoms with Crippen LogP contribution < -0.4 is 14.4 Å². The lowest BCUT2D eigenvalue weighted by Crippen LogP contribution is -2.31. The van der Waals surface area contributed by atoms with Gasteiger partial charge in [0.25, 0.3) is 15.9 Å². The highest BCUT2D eigenvalue weighted by Crippen LogP contribution is 2.30. The van der Waals surface area contributed by atoms with E-state index < -0.39 is 15.9 Å². The number of halogens is 1. The van der Waals surface area contributed by atoms with Gasteiger partial charge in [-0.25, -0.2) is 8.42 Å². The van der Waals surface area contributed by atoms with Gasteiger partial charge in [-0.3, -0.25) is 9.10 Å². The minimum absolute atomic E-state index is 0.0225. The minimum atomic E-state index is -4.00. The summed E-state index contributed by atoms with van der Waals surface area (Å²) in [6.45, 7) is 6.11. The second-order valence-corrected chi connectivity index (χ2v) is 8.99. The standard InChI is InChI=1S/C24H23ClN2O4S/c1-3-16-27(23-11-6-5-10-22(23)25)32(29,30)21-9-7-8-18(17-21)24(28)26-19-12-14-20(15-13-19)31-4-2/h3,5-15,17H,1,4,16H2,2H3,(H,26,28). The first-order chi connectivity index (χ1) is 15.4. The summed E-state index contributed by atoms with van der Waals surface area (Å²) in [6, 6.07) is 19.4. The van der Waals surface area contributed by atoms with Gasteiger partial charge in [-0.2, -0.15) is 0 Å². The summed E-state index contributed by atoms with van der Waals surface area (Å²) in [6.07, 6.45) is 1.48. The summed E-state index contributed by atoms with van der Waals surface area (Å²) in [5.41, 5.74) is 1.10. The number of rotatable bonds is 9. The molecule has 0 fully saturated rings. The van der Waals surface area contributed by atoms with Gasteiger partial charge in [-0.05, 0) is 61.5 Å². The van der Waals surface area contributed by atoms with Crippen LogP contribution in [-0.4, -0.2) is 27.5 Å². The van der Waals surface area contributed by atoms with Gasteiger partial charge in [-0.15, -0.1) is 6.58 Å². The SMILES string of the molecule is C=CCN(c1ccccc1Cl)S(=O)(=O)c1cccc(C(=O)Nc2ccc(OCC)cc2)c1. The molecule has 166 valence electrons. The lowest BCUT2D eigenvalue weighted by Gasteiger charge is -2.24. The van der Waals surface area contributed by atoms with Crippen LogP contribution in [0.1, 0.15) is 17.3 Å². The largest absolute Gasteiger partial charge is 0.494 e. The van der Waals surface area contributed by atoms with E-state index in [1.54, 1.807) is 54.6 Å². The van der Waals surface area contributed by atoms with E-state index >= 15 is 0 Å². The molecule has 0 aliphatic rings. The van der Waals surface area contributed by atoms with Crippen LogP contribution in [0.3, 0.4) is 0 Å². The minimum Gasteiger partial charge on any atom is -0.494 e. The Balaban J connectivity index is 1.88. The number of amides is 1. The van der Waals surface area contributed by atoms with Crippen LogP contribution in [0.4, 0.5) is 11.4 Å². The predicted molar refractivity (Wildman–Crippen MR) is 128 cm³/mol. The molecule has 1 N–H and O–H groups in total. The number of benzene rings is 3. The number of ether oxygens (including phenoxy) is 1. The molecule has 0 spiro atoms. The number of hydrogen-bond donors (Lipinski definition) is 1. The van der Waals surface area contributed by atoms with Gasteiger partial charge in [0.15, 0.2) is 0 Å². The summed E-state index contributed by atoms with van der Waals surface area (Å²) in [4.78, 5) is 12.7. The topological polar surface area (TPSA) is 75.7 Å². The van der Waals surface area contributed by atoms with Crippen LogP contribution in [0.15, 0.2) is 90.3 Å². The molecule has 1 amide bonds. The highest BCUT2D eigenvalue weighted by Gasteiger charge is 2.26. The second-order valence-electron chi connectivity index (χ2n) is 6.72. The van der Waals surface area contributed by atoms with Crippen LogP contribution in [0.2, 0.25) is 5.02 Å². The quantitative estimate of drug-likeness (QED) is 0.426. The molecule has 0 saturated heterocycles. The van der Waals surface area contributed by atoms with Crippen molar-refractivity contribution in [2.45, 2.75) is 11.8 Å². The summed E-state index contributed by atoms with van der Waals surface area (Å²) in [7, 11) is -4.00. The number of hydrogen-bond acceptors (Lipinski definition) is 4. The van der Waals surface area contributed by atoms with Gasteiger partial charge in [0.1, 0.15) is 5.75 Å². The summed E-state index contributed by atoms with van der Waals surface area (Å²) < 4.78 is 33.3. The fourth-order valence-corrected chi connectivity index (χ4v) is 4.82. The van der Waals surface area contributed by atoms with E-state index in [4.69, 9.17) is 16.3 Å². The van der Waals surface area contributed by atoms with Crippen molar-refractivity contribution in [3.8, 4) is 5.75 Å². The molecule has 3 aromatic carbocycles. The maximum Gasteiger partial charge on any atom is 0.264 e. The monoisotopic (exact) mass is 470 g/mol. The smallest absolute Gasteiger partial charge is 0.264 e. The van der Waals surface area contributed by atoms with Gasteiger partial charge in [0.05, 0.1) is 28.8 Å². The molecule has 0 radical (unpaired) electrons. The molecule has 0 saturated carbocycles. The third-order valence-corrected chi connectivity index (χ3v) is 6.62. The molecule has 0 atom stereocenters. The summed E-state index contributed by atoms with van der Waals surface area (Å²) >= 11 is 6.24. The Morgan fingerprint density at radius 1 is 1.09 bits per heavy atom. The Kier molecular flexibility index (Phi) is 7.56. The normalized spacial score (nSPS) is 10.9. The fraction of sp³-hybridized carbons (Fsp3) is 0.125. The van der Waals surface area contributed by atoms with E-state index in [1.165, 1.54) is 24.3 Å². The first kappa shape index (κ1) is 23.4. The Labute approximate surface area is 193 Å². The molecule has 0 aromatic heterocycles. The summed E-state index contributed by atoms with van der Waals surface area (Å²) in [5.74, 6) is 0.264. The number of nitrogens with zero attached hydrogens (tertiary/aromatic N) is 1. The van der Waals surface area contributed by atoms with Gasteiger partial charge in [-0.1, -0.05) is 35.9 Å². The third kappa shape index (κ3) is 5.30. The van der Waals surface area contributed by atoms with Gasteiger partial charge < -0.3 is 10.1 Å². The molecule has 3 rings (SSSR count). The predicted octanol–water partition coefficient (Wildman–Crippen LogP) is 5.37. The van der Waals surface area contributed by atoms with Crippen molar-refractivity contribution in [1.82, 2.24) is 0 Å². The van der Waals surface area contributed by atoms with E-state index in [2.05, 4.69) is 11.9 Å². The van der Waals surface area contributed by atoms with Crippen molar-refractivity contribution in [3.63, 3.8) is 0 Å². The zero-order valence-corrected chi connectivity index (χ0v) is 19.1. The molecule has 8 heteroatoms. The van der Waals surface area contributed by atoms with E-state index in [1.807, 2.05) is 6.92 Å². The van der Waals surface area contributed by atoms with Crippen LogP contribution in [0, 0.1) is 0 Å². The Bertz CT molecular complexity index is 1210. The van der Waals surface area contributed by atoms with Crippen molar-refractivity contribution in [2.24, 2.45) is 0 Å². The molecule has 0 bridgehead atoms. The summed E-state index contributed by atoms with van der Waals surface area (Å²) in [5, 5.41) is 3.05. The molecular formula is C24H23ClN2O4S. The lowest BCUT2D eigenvalue weighted by atomic mass is 10.2. The number of carbonyl (C=O) groups excluding carboxylic acids is 1. The first-order valence-electron chi connectivity index (χ1n) is 9.89. The average molecular weight is 471 g/mol. The van der Waals surface area contributed by atoms with Crippen LogP contribution >= 0.6 is 11.6 Å². The number of anilines is 2. The van der Waals surface area contributed by atoms with E-state index in [9.17, 15) is 13.2 Å². The molecule has 0 aliphatic heterocycles. The highest BCUT2D eigenvalue weighted by molar-refractivity contribution is 7.92. The van der Waals surface area contributed by atoms with Crippen molar-refractivity contribution < 1.29 is 17.9 Å².